The zero-order chi connectivity index (χ0) is 6.81. The maximum absolute atomic E-state index is 5.34. The summed E-state index contributed by atoms with van der Waals surface area (Å²) in [5, 5.41) is 0. The molecule has 1 aliphatic heterocycles. The fourth-order valence-electron chi connectivity index (χ4n) is 1.06. The first-order chi connectivity index (χ1) is 4.97. The predicted molar refractivity (Wildman–Crippen MR) is 47.7 cm³/mol. The van der Waals surface area contributed by atoms with E-state index in [-0.39, 0.29) is 26.0 Å². The van der Waals surface area contributed by atoms with Crippen molar-refractivity contribution in [1.29, 1.82) is 0 Å². The van der Waals surface area contributed by atoms with E-state index in [0.717, 1.165) is 5.75 Å². The predicted octanol–water partition coefficient (Wildman–Crippen LogP) is 2.73. The molecule has 0 atom stereocenters. The van der Waals surface area contributed by atoms with Crippen molar-refractivity contribution < 1.29 is 23.3 Å². The summed E-state index contributed by atoms with van der Waals surface area (Å²) >= 11 is 0. The molecule has 63 valence electrons. The molecule has 0 fully saturated rings. The molecular weight excluding hydrogens is 187 g/mol. The van der Waals surface area contributed by atoms with Crippen molar-refractivity contribution in [3.8, 4) is 5.75 Å². The van der Waals surface area contributed by atoms with E-state index in [1.54, 1.807) is 0 Å². The number of fused-ring (bicyclic) bond motifs is 1. The molecule has 12 heavy (non-hydrogen) atoms. The average molecular weight is 199 g/mol. The number of hydrogen-bond donors (Lipinski definition) is 0. The maximum Gasteiger partial charge on any atom is 0.126 e. The van der Waals surface area contributed by atoms with Crippen LogP contribution in [0.2, 0.25) is 0 Å². The van der Waals surface area contributed by atoms with Crippen molar-refractivity contribution >= 4 is 6.08 Å². The van der Waals surface area contributed by atoms with E-state index in [0.29, 0.717) is 6.61 Å². The van der Waals surface area contributed by atoms with Crippen molar-refractivity contribution in [3.63, 3.8) is 0 Å². The van der Waals surface area contributed by atoms with Gasteiger partial charge in [-0.1, -0.05) is 31.7 Å². The van der Waals surface area contributed by atoms with Gasteiger partial charge in [-0.2, -0.15) is 0 Å². The quantitative estimate of drug-likeness (QED) is 0.624. The number of benzene rings is 1. The Balaban J connectivity index is 0.000000605. The third kappa shape index (κ3) is 2.16. The van der Waals surface area contributed by atoms with Gasteiger partial charge in [0.15, 0.2) is 0 Å². The third-order valence-electron chi connectivity index (χ3n) is 1.55. The molecule has 1 heterocycles. The Bertz CT molecular complexity index is 268. The first-order valence-electron chi connectivity index (χ1n) is 3.35. The number of rotatable bonds is 0. The summed E-state index contributed by atoms with van der Waals surface area (Å²) in [4.78, 5) is 0. The van der Waals surface area contributed by atoms with E-state index < -0.39 is 0 Å². The molecule has 0 aromatic heterocycles. The van der Waals surface area contributed by atoms with E-state index in [2.05, 4.69) is 6.08 Å². The summed E-state index contributed by atoms with van der Waals surface area (Å²) in [5.74, 6) is 0.991. The van der Waals surface area contributed by atoms with Crippen LogP contribution in [0.4, 0.5) is 0 Å². The van der Waals surface area contributed by atoms with Crippen LogP contribution in [-0.2, 0) is 18.6 Å². The van der Waals surface area contributed by atoms with Crippen LogP contribution in [0, 0.1) is 0 Å². The van der Waals surface area contributed by atoms with Crippen LogP contribution in [0.3, 0.4) is 0 Å². The second-order valence-electron chi connectivity index (χ2n) is 2.25. The minimum Gasteiger partial charge on any atom is -0.489 e. The van der Waals surface area contributed by atoms with Gasteiger partial charge in [-0.25, -0.2) is 0 Å². The van der Waals surface area contributed by atoms with Crippen LogP contribution >= 0.6 is 0 Å². The molecule has 1 aliphatic rings. The molecule has 1 aromatic rings. The first-order valence-corrected chi connectivity index (χ1v) is 3.35. The van der Waals surface area contributed by atoms with Gasteiger partial charge in [0.25, 0.3) is 0 Å². The Morgan fingerprint density at radius 1 is 1.17 bits per heavy atom. The van der Waals surface area contributed by atoms with E-state index in [4.69, 9.17) is 4.74 Å². The zero-order valence-corrected chi connectivity index (χ0v) is 7.42. The Hall–Kier alpha value is -0.656. The van der Waals surface area contributed by atoms with Crippen molar-refractivity contribution in [2.24, 2.45) is 0 Å². The molecule has 2 heteroatoms. The van der Waals surface area contributed by atoms with E-state index >= 15 is 0 Å². The van der Waals surface area contributed by atoms with Gasteiger partial charge < -0.3 is 4.74 Å². The molecule has 1 aromatic carbocycles. The fourth-order valence-corrected chi connectivity index (χ4v) is 1.06. The smallest absolute Gasteiger partial charge is 0.126 e. The van der Waals surface area contributed by atoms with Gasteiger partial charge in [0.2, 0.25) is 0 Å². The van der Waals surface area contributed by atoms with E-state index in [1.807, 2.05) is 30.3 Å². The Kier molecular flexibility index (Phi) is 4.80. The molecule has 0 saturated heterocycles. The molecule has 0 bridgehead atoms. The molecular formula is C10H12OV. The average Bonchev–Trinajstić information content (AvgIpc) is 2.05. The SMILES string of the molecule is C.C1=Cc2ccccc2OC1.[V]. The maximum atomic E-state index is 5.34. The van der Waals surface area contributed by atoms with Gasteiger partial charge in [-0.3, -0.25) is 0 Å². The number of hydrogen-bond acceptors (Lipinski definition) is 1. The third-order valence-corrected chi connectivity index (χ3v) is 1.55. The van der Waals surface area contributed by atoms with Crippen molar-refractivity contribution in [3.05, 3.63) is 35.9 Å². The molecule has 2 rings (SSSR count). The molecule has 0 amide bonds. The van der Waals surface area contributed by atoms with Crippen LogP contribution in [-0.4, -0.2) is 6.61 Å². The van der Waals surface area contributed by atoms with Crippen LogP contribution in [0.15, 0.2) is 30.3 Å². The van der Waals surface area contributed by atoms with E-state index in [9.17, 15) is 0 Å². The standard InChI is InChI=1S/C9H8O.CH4.V/c1-2-6-9-8(4-1)5-3-7-10-9;;/h1-6H,7H2;1H4;. The Morgan fingerprint density at radius 2 is 1.92 bits per heavy atom. The minimum absolute atomic E-state index is 0. The normalized spacial score (nSPS) is 11.7. The van der Waals surface area contributed by atoms with Crippen molar-refractivity contribution in [2.45, 2.75) is 7.43 Å². The van der Waals surface area contributed by atoms with Crippen LogP contribution in [0.5, 0.6) is 5.75 Å². The van der Waals surface area contributed by atoms with Gasteiger partial charge in [-0.05, 0) is 12.1 Å². The summed E-state index contributed by atoms with van der Waals surface area (Å²) < 4.78 is 5.34. The summed E-state index contributed by atoms with van der Waals surface area (Å²) in [5.41, 5.74) is 1.17. The monoisotopic (exact) mass is 199 g/mol. The van der Waals surface area contributed by atoms with E-state index in [1.165, 1.54) is 5.56 Å². The molecule has 1 radical (unpaired) electrons. The second kappa shape index (κ2) is 5.07. The molecule has 0 aliphatic carbocycles. The van der Waals surface area contributed by atoms with Crippen molar-refractivity contribution in [1.82, 2.24) is 0 Å². The second-order valence-corrected chi connectivity index (χ2v) is 2.25. The Morgan fingerprint density at radius 3 is 2.67 bits per heavy atom. The summed E-state index contributed by atoms with van der Waals surface area (Å²) in [6.07, 6.45) is 4.10. The molecule has 0 N–H and O–H groups in total. The van der Waals surface area contributed by atoms with Gasteiger partial charge >= 0.3 is 0 Å². The molecule has 1 nitrogen and oxygen atoms in total. The number of para-hydroxylation sites is 1. The summed E-state index contributed by atoms with van der Waals surface area (Å²) in [6.45, 7) is 0.705. The Labute approximate surface area is 85.3 Å². The largest absolute Gasteiger partial charge is 0.489 e. The summed E-state index contributed by atoms with van der Waals surface area (Å²) in [6, 6.07) is 8.03. The summed E-state index contributed by atoms with van der Waals surface area (Å²) in [7, 11) is 0. The fraction of sp³-hybridized carbons (Fsp3) is 0.200. The van der Waals surface area contributed by atoms with Crippen molar-refractivity contribution in [2.75, 3.05) is 6.61 Å². The minimum atomic E-state index is 0. The topological polar surface area (TPSA) is 9.23 Å². The van der Waals surface area contributed by atoms with Crippen LogP contribution in [0.1, 0.15) is 13.0 Å². The van der Waals surface area contributed by atoms with Gasteiger partial charge in [0.05, 0.1) is 0 Å². The zero-order valence-electron chi connectivity index (χ0n) is 6.03. The van der Waals surface area contributed by atoms with Crippen LogP contribution in [0.25, 0.3) is 6.08 Å². The molecule has 0 unspecified atom stereocenters. The number of ether oxygens (including phenoxy) is 1. The van der Waals surface area contributed by atoms with Gasteiger partial charge in [0.1, 0.15) is 12.4 Å². The first kappa shape index (κ1) is 11.3. The molecule has 0 saturated carbocycles. The molecule has 0 spiro atoms. The van der Waals surface area contributed by atoms with Gasteiger partial charge in [-0.15, -0.1) is 0 Å². The van der Waals surface area contributed by atoms with Gasteiger partial charge in [0, 0.05) is 24.1 Å². The van der Waals surface area contributed by atoms with Crippen LogP contribution < -0.4 is 4.74 Å².